The quantitative estimate of drug-likeness (QED) is 0.0831. The molecule has 0 aromatic carbocycles. The molecule has 1 amide bonds. The van der Waals surface area contributed by atoms with Crippen molar-refractivity contribution in [3.05, 3.63) is 0 Å². The van der Waals surface area contributed by atoms with Crippen LogP contribution in [-0.4, -0.2) is 122 Å². The molecule has 0 saturated carbocycles. The zero-order valence-corrected chi connectivity index (χ0v) is 34.6. The first-order chi connectivity index (χ1) is 29.5. The van der Waals surface area contributed by atoms with Gasteiger partial charge in [0.25, 0.3) is 0 Å². The van der Waals surface area contributed by atoms with Gasteiger partial charge in [-0.15, -0.1) is 0 Å². The molecule has 1 unspecified atom stereocenters. The molecule has 0 radical (unpaired) electrons. The van der Waals surface area contributed by atoms with Gasteiger partial charge in [0.1, 0.15) is 31.5 Å². The number of nitrogens with one attached hydrogen (secondary N) is 1. The standard InChI is InChI=1S/C40H63NO18/c1-9-10-11-12-13-14-15-16-17-18-19-20-32(49)41-39-37(55-28(7)47)35(53-26(5)45)34(30(57-39)21-50-23(2)42)59-40-38(56-29(8)48)36(54-27(6)46)33(52-25(4)44)31(58-40)22-51-24(3)43/h30-31,33-40H,9-22H2,1-8H3,(H,41,49)/t30-,31-,33-,34-,35+,36+,37+,38+,39?,40+/m1/s1/i2D,5D,7D. The van der Waals surface area contributed by atoms with E-state index in [0.717, 1.165) is 59.8 Å². The Kier molecular flexibility index (Phi) is 20.7. The van der Waals surface area contributed by atoms with E-state index in [4.69, 9.17) is 51.5 Å². The van der Waals surface area contributed by atoms with Crippen LogP contribution in [0.2, 0.25) is 0 Å². The summed E-state index contributed by atoms with van der Waals surface area (Å²) in [5.41, 5.74) is 0. The molecule has 2 rings (SSSR count). The number of unbranched alkanes of at least 4 members (excludes halogenated alkanes) is 10. The van der Waals surface area contributed by atoms with Crippen molar-refractivity contribution >= 4 is 47.7 Å². The molecule has 0 bridgehead atoms. The number of carbonyl (C=O) groups is 8. The first-order valence-corrected chi connectivity index (χ1v) is 19.9. The molecule has 2 aliphatic rings. The van der Waals surface area contributed by atoms with Crippen LogP contribution in [0.1, 0.15) is 136 Å². The lowest BCUT2D eigenvalue weighted by Gasteiger charge is -2.48. The van der Waals surface area contributed by atoms with E-state index in [1.54, 1.807) is 0 Å². The zero-order chi connectivity index (χ0) is 46.2. The van der Waals surface area contributed by atoms with E-state index in [9.17, 15) is 38.4 Å². The van der Waals surface area contributed by atoms with Crippen LogP contribution in [0.25, 0.3) is 0 Å². The Morgan fingerprint density at radius 2 is 0.932 bits per heavy atom. The van der Waals surface area contributed by atoms with Crippen LogP contribution in [0.15, 0.2) is 0 Å². The number of esters is 7. The number of hydrogen-bond donors (Lipinski definition) is 1. The van der Waals surface area contributed by atoms with Crippen molar-refractivity contribution in [2.45, 2.75) is 194 Å². The Hall–Kier alpha value is -4.36. The highest BCUT2D eigenvalue weighted by atomic mass is 16.8. The minimum atomic E-state index is -1.93. The maximum absolute atomic E-state index is 13.4. The van der Waals surface area contributed by atoms with Gasteiger partial charge in [-0.2, -0.15) is 0 Å². The van der Waals surface area contributed by atoms with E-state index in [2.05, 4.69) is 12.2 Å². The molecule has 336 valence electrons. The summed E-state index contributed by atoms with van der Waals surface area (Å²) >= 11 is 0. The second-order valence-electron chi connectivity index (χ2n) is 14.2. The first-order valence-electron chi connectivity index (χ1n) is 22.0. The largest absolute Gasteiger partial charge is 0.463 e. The lowest BCUT2D eigenvalue weighted by molar-refractivity contribution is -0.345. The van der Waals surface area contributed by atoms with Crippen LogP contribution in [0, 0.1) is 0 Å². The summed E-state index contributed by atoms with van der Waals surface area (Å²) in [6, 6.07) is 0. The number of carbonyl (C=O) groups excluding carboxylic acids is 8. The van der Waals surface area contributed by atoms with Gasteiger partial charge < -0.3 is 52.7 Å². The highest BCUT2D eigenvalue weighted by Crippen LogP contribution is 2.35. The summed E-state index contributed by atoms with van der Waals surface area (Å²) in [7, 11) is 0. The van der Waals surface area contributed by atoms with E-state index in [1.165, 1.54) is 32.1 Å². The molecule has 59 heavy (non-hydrogen) atoms. The Morgan fingerprint density at radius 1 is 0.492 bits per heavy atom. The maximum atomic E-state index is 13.4. The first kappa shape index (κ1) is 45.7. The van der Waals surface area contributed by atoms with Gasteiger partial charge in [-0.1, -0.05) is 71.1 Å². The lowest BCUT2D eigenvalue weighted by Crippen LogP contribution is -2.68. The topological polar surface area (TPSA) is 241 Å². The fraction of sp³-hybridized carbons (Fsp3) is 0.800. The number of amides is 1. The van der Waals surface area contributed by atoms with Crippen molar-refractivity contribution in [3.63, 3.8) is 0 Å². The van der Waals surface area contributed by atoms with Crippen LogP contribution in [-0.2, 0) is 85.7 Å². The van der Waals surface area contributed by atoms with Crippen molar-refractivity contribution in [2.24, 2.45) is 0 Å². The third-order valence-electron chi connectivity index (χ3n) is 9.13. The molecule has 2 saturated heterocycles. The Bertz CT molecular complexity index is 1470. The molecule has 2 fully saturated rings. The predicted molar refractivity (Wildman–Crippen MR) is 202 cm³/mol. The maximum Gasteiger partial charge on any atom is 0.303 e. The second kappa shape index (κ2) is 26.7. The van der Waals surface area contributed by atoms with Crippen molar-refractivity contribution < 1.29 is 89.8 Å². The third kappa shape index (κ3) is 19.1. The van der Waals surface area contributed by atoms with Crippen LogP contribution < -0.4 is 5.32 Å². The normalized spacial score (nSPS) is 27.0. The molecular formula is C40H63NO18. The fourth-order valence-electron chi connectivity index (χ4n) is 6.70. The molecule has 1 N–H and O–H groups in total. The van der Waals surface area contributed by atoms with Gasteiger partial charge in [-0.3, -0.25) is 38.4 Å². The molecule has 10 atom stereocenters. The SMILES string of the molecule is [2H]CC(=O)OC[C@H]1OC(NC(=O)CCCCCCCCCCCCC)[C@@H](OC(=O)C[2H])[C@@H](OC(=O)C[2H])[C@@H]1O[C@@H]1O[C@H](COC(C)=O)[C@@H](OC(C)=O)[C@H](OC(C)=O)[C@@H]1OC(C)=O. The van der Waals surface area contributed by atoms with Crippen LogP contribution >= 0.6 is 0 Å². The number of ether oxygens (including phenoxy) is 10. The predicted octanol–water partition coefficient (Wildman–Crippen LogP) is 3.42. The number of rotatable bonds is 24. The van der Waals surface area contributed by atoms with Crippen molar-refractivity contribution in [2.75, 3.05) is 13.2 Å². The smallest absolute Gasteiger partial charge is 0.303 e. The highest BCUT2D eigenvalue weighted by Gasteiger charge is 2.57. The number of hydrogen-bond acceptors (Lipinski definition) is 18. The molecule has 0 aliphatic carbocycles. The van der Waals surface area contributed by atoms with Gasteiger partial charge in [0.15, 0.2) is 43.0 Å². The minimum absolute atomic E-state index is 0.0102. The van der Waals surface area contributed by atoms with Gasteiger partial charge in [-0.25, -0.2) is 0 Å². The van der Waals surface area contributed by atoms with Crippen LogP contribution in [0.5, 0.6) is 0 Å². The van der Waals surface area contributed by atoms with E-state index in [1.807, 2.05) is 0 Å². The minimum Gasteiger partial charge on any atom is -0.463 e. The summed E-state index contributed by atoms with van der Waals surface area (Å²) in [5.74, 6) is -7.61. The lowest BCUT2D eigenvalue weighted by atomic mass is 9.95. The second-order valence-corrected chi connectivity index (χ2v) is 14.2. The summed E-state index contributed by atoms with van der Waals surface area (Å²) in [4.78, 5) is 100. The van der Waals surface area contributed by atoms with Crippen LogP contribution in [0.4, 0.5) is 0 Å². The molecular weight excluding hydrogens is 782 g/mol. The van der Waals surface area contributed by atoms with Crippen molar-refractivity contribution in [1.82, 2.24) is 5.32 Å². The van der Waals surface area contributed by atoms with E-state index >= 15 is 0 Å². The average molecular weight is 849 g/mol. The van der Waals surface area contributed by atoms with E-state index in [-0.39, 0.29) is 6.42 Å². The fourth-order valence-corrected chi connectivity index (χ4v) is 6.70. The highest BCUT2D eigenvalue weighted by molar-refractivity contribution is 5.76. The zero-order valence-electron chi connectivity index (χ0n) is 37.6. The molecule has 19 heteroatoms. The van der Waals surface area contributed by atoms with Gasteiger partial charge in [-0.05, 0) is 6.42 Å². The average Bonchev–Trinajstić information content (AvgIpc) is 3.21. The van der Waals surface area contributed by atoms with Crippen molar-refractivity contribution in [1.29, 1.82) is 0 Å². The van der Waals surface area contributed by atoms with Gasteiger partial charge in [0, 0.05) is 58.9 Å². The Balaban J connectivity index is 2.55. The molecule has 0 spiro atoms. The molecule has 0 aromatic heterocycles. The molecule has 19 nitrogen and oxygen atoms in total. The van der Waals surface area contributed by atoms with Gasteiger partial charge in [0.2, 0.25) is 5.91 Å². The van der Waals surface area contributed by atoms with Gasteiger partial charge >= 0.3 is 41.8 Å². The van der Waals surface area contributed by atoms with Crippen molar-refractivity contribution in [3.8, 4) is 0 Å². The summed E-state index contributed by atoms with van der Waals surface area (Å²) < 4.78 is 79.0. The molecule has 2 aliphatic heterocycles. The summed E-state index contributed by atoms with van der Waals surface area (Å²) in [5, 5.41) is 2.61. The monoisotopic (exact) mass is 848 g/mol. The van der Waals surface area contributed by atoms with Crippen LogP contribution in [0.3, 0.4) is 0 Å². The molecule has 0 aromatic rings. The molecule has 2 heterocycles. The summed E-state index contributed by atoms with van der Waals surface area (Å²) in [6.45, 7) is 2.11. The van der Waals surface area contributed by atoms with E-state index in [0.29, 0.717) is 6.42 Å². The van der Waals surface area contributed by atoms with Gasteiger partial charge in [0.05, 0.1) is 0 Å². The third-order valence-corrected chi connectivity index (χ3v) is 9.13. The summed E-state index contributed by atoms with van der Waals surface area (Å²) in [6.07, 6.45) is -5.82. The van der Waals surface area contributed by atoms with E-state index < -0.39 is 143 Å². The Labute approximate surface area is 349 Å². The Morgan fingerprint density at radius 3 is 1.46 bits per heavy atom.